The highest BCUT2D eigenvalue weighted by Gasteiger charge is 2.18. The summed E-state index contributed by atoms with van der Waals surface area (Å²) in [6.45, 7) is 6.40. The van der Waals surface area contributed by atoms with E-state index in [1.54, 1.807) is 0 Å². The van der Waals surface area contributed by atoms with Crippen LogP contribution < -0.4 is 5.84 Å². The van der Waals surface area contributed by atoms with Gasteiger partial charge in [-0.2, -0.15) is 5.10 Å². The fourth-order valence-electron chi connectivity index (χ4n) is 1.88. The Morgan fingerprint density at radius 1 is 1.56 bits per heavy atom. The van der Waals surface area contributed by atoms with Crippen LogP contribution in [0.5, 0.6) is 0 Å². The Labute approximate surface area is 108 Å². The van der Waals surface area contributed by atoms with Crippen LogP contribution in [0.1, 0.15) is 26.7 Å². The summed E-state index contributed by atoms with van der Waals surface area (Å²) in [5.74, 6) is 5.61. The van der Waals surface area contributed by atoms with Gasteiger partial charge in [-0.05, 0) is 12.3 Å². The number of carbonyl (C=O) groups excluding carboxylic acids is 1. The van der Waals surface area contributed by atoms with Gasteiger partial charge in [-0.1, -0.05) is 25.5 Å². The SMILES string of the molecule is CC(C)C1=CCCN(C(=O)CCN=C/C=N\N)C1. The Morgan fingerprint density at radius 2 is 2.33 bits per heavy atom. The number of nitrogens with two attached hydrogens (primary N) is 1. The molecular formula is C13H22N4O. The van der Waals surface area contributed by atoms with Crippen LogP contribution in [0.15, 0.2) is 21.7 Å². The van der Waals surface area contributed by atoms with E-state index >= 15 is 0 Å². The Morgan fingerprint density at radius 3 is 3.00 bits per heavy atom. The molecule has 0 radical (unpaired) electrons. The highest BCUT2D eigenvalue weighted by atomic mass is 16.2. The lowest BCUT2D eigenvalue weighted by atomic mass is 9.98. The minimum Gasteiger partial charge on any atom is -0.338 e. The number of carbonyl (C=O) groups is 1. The molecule has 1 heterocycles. The van der Waals surface area contributed by atoms with Crippen LogP contribution in [0, 0.1) is 5.92 Å². The molecule has 0 bridgehead atoms. The molecule has 0 spiro atoms. The van der Waals surface area contributed by atoms with Gasteiger partial charge in [-0.25, -0.2) is 0 Å². The smallest absolute Gasteiger partial charge is 0.224 e. The molecule has 1 aliphatic heterocycles. The fraction of sp³-hybridized carbons (Fsp3) is 0.615. The third-order valence-electron chi connectivity index (χ3n) is 2.99. The zero-order chi connectivity index (χ0) is 13.4. The summed E-state index contributed by atoms with van der Waals surface area (Å²) in [6.07, 6.45) is 6.58. The minimum absolute atomic E-state index is 0.170. The molecule has 0 aromatic rings. The fourth-order valence-corrected chi connectivity index (χ4v) is 1.88. The second-order valence-electron chi connectivity index (χ2n) is 4.64. The summed E-state index contributed by atoms with van der Waals surface area (Å²) in [4.78, 5) is 17.9. The molecule has 0 atom stereocenters. The summed E-state index contributed by atoms with van der Waals surface area (Å²) in [5, 5.41) is 3.29. The molecular weight excluding hydrogens is 228 g/mol. The molecule has 100 valence electrons. The van der Waals surface area contributed by atoms with Gasteiger partial charge in [0.25, 0.3) is 0 Å². The number of hydrogen-bond acceptors (Lipinski definition) is 4. The highest BCUT2D eigenvalue weighted by molar-refractivity contribution is 6.15. The maximum absolute atomic E-state index is 12.0. The standard InChI is InChI=1S/C13H22N4O/c1-11(2)12-4-3-9-17(10-12)13(18)5-6-15-7-8-16-14/h4,7-8,11H,3,5-6,9-10,14H2,1-2H3/b15-7?,16-8-. The lowest BCUT2D eigenvalue weighted by Gasteiger charge is -2.29. The topological polar surface area (TPSA) is 71.0 Å². The largest absolute Gasteiger partial charge is 0.338 e. The zero-order valence-corrected chi connectivity index (χ0v) is 11.2. The molecule has 0 fully saturated rings. The normalized spacial score (nSPS) is 16.8. The van der Waals surface area contributed by atoms with Gasteiger partial charge in [0.2, 0.25) is 5.91 Å². The highest BCUT2D eigenvalue weighted by Crippen LogP contribution is 2.17. The molecule has 2 N–H and O–H groups in total. The molecule has 1 amide bonds. The lowest BCUT2D eigenvalue weighted by molar-refractivity contribution is -0.130. The van der Waals surface area contributed by atoms with E-state index in [0.29, 0.717) is 18.9 Å². The average Bonchev–Trinajstić information content (AvgIpc) is 2.38. The van der Waals surface area contributed by atoms with E-state index in [-0.39, 0.29) is 5.91 Å². The predicted octanol–water partition coefficient (Wildman–Crippen LogP) is 1.21. The molecule has 1 aliphatic rings. The van der Waals surface area contributed by atoms with Crippen LogP contribution in [0.2, 0.25) is 0 Å². The van der Waals surface area contributed by atoms with E-state index < -0.39 is 0 Å². The first kappa shape index (κ1) is 14.4. The molecule has 5 heteroatoms. The minimum atomic E-state index is 0.170. The second-order valence-corrected chi connectivity index (χ2v) is 4.64. The van der Waals surface area contributed by atoms with Crippen LogP contribution in [-0.2, 0) is 4.79 Å². The molecule has 18 heavy (non-hydrogen) atoms. The van der Waals surface area contributed by atoms with Gasteiger partial charge in [0.15, 0.2) is 0 Å². The maximum atomic E-state index is 12.0. The van der Waals surface area contributed by atoms with Crippen molar-refractivity contribution in [2.45, 2.75) is 26.7 Å². The number of rotatable bonds is 5. The van der Waals surface area contributed by atoms with Crippen molar-refractivity contribution in [3.8, 4) is 0 Å². The Hall–Kier alpha value is -1.65. The monoisotopic (exact) mass is 250 g/mol. The number of hydrogen-bond donors (Lipinski definition) is 1. The Balaban J connectivity index is 2.37. The van der Waals surface area contributed by atoms with Crippen LogP contribution in [-0.4, -0.2) is 42.9 Å². The van der Waals surface area contributed by atoms with Crippen molar-refractivity contribution in [1.29, 1.82) is 0 Å². The number of amides is 1. The first-order valence-corrected chi connectivity index (χ1v) is 6.33. The molecule has 5 nitrogen and oxygen atoms in total. The summed E-state index contributed by atoms with van der Waals surface area (Å²) < 4.78 is 0. The third kappa shape index (κ3) is 4.69. The van der Waals surface area contributed by atoms with Crippen molar-refractivity contribution < 1.29 is 4.79 Å². The van der Waals surface area contributed by atoms with Crippen LogP contribution >= 0.6 is 0 Å². The van der Waals surface area contributed by atoms with Crippen molar-refractivity contribution in [2.75, 3.05) is 19.6 Å². The maximum Gasteiger partial charge on any atom is 0.224 e. The van der Waals surface area contributed by atoms with E-state index in [4.69, 9.17) is 5.84 Å². The Kier molecular flexibility index (Phi) is 6.11. The molecule has 0 aromatic carbocycles. The van der Waals surface area contributed by atoms with E-state index in [0.717, 1.165) is 19.5 Å². The van der Waals surface area contributed by atoms with Crippen molar-refractivity contribution in [2.24, 2.45) is 21.9 Å². The van der Waals surface area contributed by atoms with Crippen molar-refractivity contribution in [3.63, 3.8) is 0 Å². The molecule has 0 aromatic heterocycles. The molecule has 0 aliphatic carbocycles. The van der Waals surface area contributed by atoms with Gasteiger partial charge in [-0.15, -0.1) is 0 Å². The van der Waals surface area contributed by atoms with Crippen LogP contribution in [0.25, 0.3) is 0 Å². The molecule has 1 rings (SSSR count). The van der Waals surface area contributed by atoms with E-state index in [1.807, 2.05) is 4.90 Å². The van der Waals surface area contributed by atoms with Gasteiger partial charge in [0.05, 0.1) is 6.21 Å². The second kappa shape index (κ2) is 7.63. The van der Waals surface area contributed by atoms with Crippen molar-refractivity contribution in [1.82, 2.24) is 4.90 Å². The zero-order valence-electron chi connectivity index (χ0n) is 11.2. The summed E-state index contributed by atoms with van der Waals surface area (Å²) in [6, 6.07) is 0. The van der Waals surface area contributed by atoms with Gasteiger partial charge >= 0.3 is 0 Å². The van der Waals surface area contributed by atoms with E-state index in [1.165, 1.54) is 18.0 Å². The van der Waals surface area contributed by atoms with Gasteiger partial charge in [-0.3, -0.25) is 9.79 Å². The summed E-state index contributed by atoms with van der Waals surface area (Å²) in [7, 11) is 0. The number of hydrazone groups is 1. The predicted molar refractivity (Wildman–Crippen MR) is 74.8 cm³/mol. The first-order chi connectivity index (χ1) is 8.65. The third-order valence-corrected chi connectivity index (χ3v) is 2.99. The summed E-state index contributed by atoms with van der Waals surface area (Å²) in [5.41, 5.74) is 1.35. The van der Waals surface area contributed by atoms with E-state index in [2.05, 4.69) is 30.0 Å². The average molecular weight is 250 g/mol. The first-order valence-electron chi connectivity index (χ1n) is 6.33. The lowest BCUT2D eigenvalue weighted by Crippen LogP contribution is -2.37. The number of aliphatic imine (C=N–C) groups is 1. The molecule has 0 saturated heterocycles. The summed E-state index contributed by atoms with van der Waals surface area (Å²) >= 11 is 0. The molecule has 0 saturated carbocycles. The van der Waals surface area contributed by atoms with Crippen molar-refractivity contribution in [3.05, 3.63) is 11.6 Å². The van der Waals surface area contributed by atoms with Crippen LogP contribution in [0.4, 0.5) is 0 Å². The van der Waals surface area contributed by atoms with Gasteiger partial charge in [0.1, 0.15) is 0 Å². The Bertz CT molecular complexity index is 358. The van der Waals surface area contributed by atoms with Gasteiger partial charge in [0, 0.05) is 32.3 Å². The van der Waals surface area contributed by atoms with E-state index in [9.17, 15) is 4.79 Å². The van der Waals surface area contributed by atoms with Gasteiger partial charge < -0.3 is 10.7 Å². The molecule has 0 unspecified atom stereocenters. The quantitative estimate of drug-likeness (QED) is 0.345. The van der Waals surface area contributed by atoms with Crippen molar-refractivity contribution >= 4 is 18.3 Å². The number of nitrogens with zero attached hydrogens (tertiary/aromatic N) is 3. The van der Waals surface area contributed by atoms with Crippen LogP contribution in [0.3, 0.4) is 0 Å².